The van der Waals surface area contributed by atoms with Crippen molar-refractivity contribution in [3.8, 4) is 0 Å². The molecule has 1 atom stereocenters. The highest BCUT2D eigenvalue weighted by molar-refractivity contribution is 7.91. The summed E-state index contributed by atoms with van der Waals surface area (Å²) in [6, 6.07) is 8.07. The number of sulfonamides is 1. The number of sulfone groups is 1. The van der Waals surface area contributed by atoms with Crippen LogP contribution in [0.3, 0.4) is 0 Å². The second-order valence-electron chi connectivity index (χ2n) is 7.93. The quantitative estimate of drug-likeness (QED) is 0.447. The highest BCUT2D eigenvalue weighted by Gasteiger charge is 2.38. The second kappa shape index (κ2) is 11.8. The molecule has 0 aromatic heterocycles. The largest absolute Gasteiger partial charge is 0.417 e. The number of alkyl halides is 3. The SMILES string of the molecule is CN(CCNS(=O)(=O)c1cc(S(=O)(=O)c2ccccc2)ccc1C(F)(F)F)C(=O)N[C@H]1CCNC1.Cl. The minimum absolute atomic E-state index is 0. The topological polar surface area (TPSA) is 125 Å². The van der Waals surface area contributed by atoms with Gasteiger partial charge in [0.1, 0.15) is 0 Å². The van der Waals surface area contributed by atoms with Crippen LogP contribution < -0.4 is 15.4 Å². The van der Waals surface area contributed by atoms with Gasteiger partial charge in [-0.3, -0.25) is 0 Å². The first-order valence-electron chi connectivity index (χ1n) is 10.6. The standard InChI is InChI=1S/C21H25F3N4O5S2.ClH/c1-28(20(29)27-15-9-10-25-14-15)12-11-26-35(32,33)19-13-17(7-8-18(19)21(22,23)24)34(30,31)16-5-3-2-4-6-16;/h2-8,13,15,25-26H,9-12,14H2,1H3,(H,27,29);1H/t15-;/m0./s1. The number of nitrogens with one attached hydrogen (secondary N) is 3. The minimum Gasteiger partial charge on any atom is -0.334 e. The van der Waals surface area contributed by atoms with Crippen molar-refractivity contribution in [2.45, 2.75) is 33.3 Å². The number of nitrogens with zero attached hydrogens (tertiary/aromatic N) is 1. The number of amides is 2. The lowest BCUT2D eigenvalue weighted by Crippen LogP contribution is -2.46. The lowest BCUT2D eigenvalue weighted by atomic mass is 10.2. The Hall–Kier alpha value is -2.39. The monoisotopic (exact) mass is 570 g/mol. The van der Waals surface area contributed by atoms with Crippen LogP contribution in [0.15, 0.2) is 63.2 Å². The smallest absolute Gasteiger partial charge is 0.334 e. The molecule has 0 bridgehead atoms. The zero-order valence-corrected chi connectivity index (χ0v) is 21.5. The van der Waals surface area contributed by atoms with Gasteiger partial charge in [0.25, 0.3) is 0 Å². The van der Waals surface area contributed by atoms with Crippen LogP contribution in [-0.4, -0.2) is 67.0 Å². The first-order valence-corrected chi connectivity index (χ1v) is 13.5. The van der Waals surface area contributed by atoms with E-state index in [1.54, 1.807) is 6.07 Å². The third kappa shape index (κ3) is 7.09. The Bertz CT molecular complexity index is 1270. The van der Waals surface area contributed by atoms with Crippen LogP contribution >= 0.6 is 12.4 Å². The zero-order chi connectivity index (χ0) is 25.9. The molecule has 36 heavy (non-hydrogen) atoms. The number of urea groups is 1. The highest BCUT2D eigenvalue weighted by Crippen LogP contribution is 2.36. The van der Waals surface area contributed by atoms with Crippen molar-refractivity contribution in [3.05, 3.63) is 54.1 Å². The van der Waals surface area contributed by atoms with Gasteiger partial charge in [0, 0.05) is 32.7 Å². The van der Waals surface area contributed by atoms with Gasteiger partial charge >= 0.3 is 12.2 Å². The molecule has 3 N–H and O–H groups in total. The summed E-state index contributed by atoms with van der Waals surface area (Å²) >= 11 is 0. The van der Waals surface area contributed by atoms with Gasteiger partial charge in [-0.15, -0.1) is 12.4 Å². The van der Waals surface area contributed by atoms with Gasteiger partial charge in [-0.2, -0.15) is 13.2 Å². The van der Waals surface area contributed by atoms with Crippen LogP contribution in [0.1, 0.15) is 12.0 Å². The first kappa shape index (κ1) is 29.8. The van der Waals surface area contributed by atoms with E-state index in [-0.39, 0.29) is 36.4 Å². The van der Waals surface area contributed by atoms with E-state index in [0.717, 1.165) is 19.0 Å². The fraction of sp³-hybridized carbons (Fsp3) is 0.381. The van der Waals surface area contributed by atoms with E-state index in [4.69, 9.17) is 0 Å². The summed E-state index contributed by atoms with van der Waals surface area (Å²) in [5.74, 6) is 0. The minimum atomic E-state index is -5.05. The van der Waals surface area contributed by atoms with Crippen LogP contribution in [0.2, 0.25) is 0 Å². The summed E-state index contributed by atoms with van der Waals surface area (Å²) in [5.41, 5.74) is -1.50. The fourth-order valence-electron chi connectivity index (χ4n) is 3.45. The van der Waals surface area contributed by atoms with Gasteiger partial charge in [0.15, 0.2) is 0 Å². The normalized spacial score (nSPS) is 16.3. The Morgan fingerprint density at radius 3 is 2.33 bits per heavy atom. The van der Waals surface area contributed by atoms with Crippen LogP contribution in [0.25, 0.3) is 0 Å². The Labute approximate surface area is 213 Å². The molecule has 1 aliphatic heterocycles. The van der Waals surface area contributed by atoms with Gasteiger partial charge in [0.2, 0.25) is 19.9 Å². The van der Waals surface area contributed by atoms with Crippen LogP contribution in [-0.2, 0) is 26.0 Å². The summed E-state index contributed by atoms with van der Waals surface area (Å²) in [7, 11) is -7.64. The Kier molecular flexibility index (Phi) is 9.76. The molecule has 9 nitrogen and oxygen atoms in total. The summed E-state index contributed by atoms with van der Waals surface area (Å²) in [4.78, 5) is 11.4. The average molecular weight is 571 g/mol. The predicted molar refractivity (Wildman–Crippen MR) is 128 cm³/mol. The molecule has 0 saturated carbocycles. The number of hydrogen-bond acceptors (Lipinski definition) is 6. The van der Waals surface area contributed by atoms with Crippen LogP contribution in [0.4, 0.5) is 18.0 Å². The Morgan fingerprint density at radius 1 is 1.08 bits per heavy atom. The molecule has 2 amide bonds. The summed E-state index contributed by atoms with van der Waals surface area (Å²) < 4.78 is 94.1. The van der Waals surface area contributed by atoms with E-state index in [0.29, 0.717) is 18.7 Å². The first-order chi connectivity index (χ1) is 16.3. The van der Waals surface area contributed by atoms with E-state index < -0.39 is 47.4 Å². The Morgan fingerprint density at radius 2 is 1.75 bits per heavy atom. The van der Waals surface area contributed by atoms with Crippen molar-refractivity contribution in [2.75, 3.05) is 33.2 Å². The molecule has 2 aromatic rings. The number of benzene rings is 2. The number of carbonyl (C=O) groups is 1. The van der Waals surface area contributed by atoms with Crippen molar-refractivity contribution in [1.82, 2.24) is 20.3 Å². The van der Waals surface area contributed by atoms with Gasteiger partial charge in [-0.05, 0) is 43.3 Å². The molecular weight excluding hydrogens is 545 g/mol. The van der Waals surface area contributed by atoms with E-state index in [2.05, 4.69) is 10.6 Å². The third-order valence-corrected chi connectivity index (χ3v) is 8.65. The zero-order valence-electron chi connectivity index (χ0n) is 19.1. The maximum absolute atomic E-state index is 13.6. The van der Waals surface area contributed by atoms with Crippen molar-refractivity contribution in [3.63, 3.8) is 0 Å². The number of likely N-dealkylation sites (N-methyl/N-ethyl adjacent to an activating group) is 1. The molecule has 0 radical (unpaired) electrons. The third-order valence-electron chi connectivity index (χ3n) is 5.39. The summed E-state index contributed by atoms with van der Waals surface area (Å²) in [6.45, 7) is 0.848. The maximum atomic E-state index is 13.6. The molecule has 1 saturated heterocycles. The van der Waals surface area contributed by atoms with E-state index in [9.17, 15) is 34.8 Å². The average Bonchev–Trinajstić information content (AvgIpc) is 3.31. The van der Waals surface area contributed by atoms with Gasteiger partial charge in [0.05, 0.1) is 20.2 Å². The lowest BCUT2D eigenvalue weighted by Gasteiger charge is -2.21. The van der Waals surface area contributed by atoms with E-state index in [1.165, 1.54) is 36.2 Å². The van der Waals surface area contributed by atoms with Crippen molar-refractivity contribution >= 4 is 38.3 Å². The van der Waals surface area contributed by atoms with Gasteiger partial charge in [-0.25, -0.2) is 26.4 Å². The molecule has 0 spiro atoms. The molecule has 1 aliphatic rings. The number of carbonyl (C=O) groups excluding carboxylic acids is 1. The Balaban J connectivity index is 0.00000456. The van der Waals surface area contributed by atoms with Crippen molar-refractivity contribution in [2.24, 2.45) is 0 Å². The molecule has 1 heterocycles. The molecule has 0 unspecified atom stereocenters. The lowest BCUT2D eigenvalue weighted by molar-refractivity contribution is -0.139. The van der Waals surface area contributed by atoms with Crippen molar-refractivity contribution in [1.29, 1.82) is 0 Å². The highest BCUT2D eigenvalue weighted by atomic mass is 35.5. The summed E-state index contributed by atoms with van der Waals surface area (Å²) in [6.07, 6.45) is -4.31. The van der Waals surface area contributed by atoms with Crippen LogP contribution in [0, 0.1) is 0 Å². The molecular formula is C21H26ClF3N4O5S2. The van der Waals surface area contributed by atoms with Gasteiger partial charge < -0.3 is 15.5 Å². The summed E-state index contributed by atoms with van der Waals surface area (Å²) in [5, 5.41) is 5.84. The number of halogens is 4. The fourth-order valence-corrected chi connectivity index (χ4v) is 6.11. The van der Waals surface area contributed by atoms with Crippen molar-refractivity contribution < 1.29 is 34.8 Å². The maximum Gasteiger partial charge on any atom is 0.417 e. The molecule has 15 heteroatoms. The molecule has 0 aliphatic carbocycles. The van der Waals surface area contributed by atoms with Crippen LogP contribution in [0.5, 0.6) is 0 Å². The van der Waals surface area contributed by atoms with E-state index in [1.807, 2.05) is 4.72 Å². The predicted octanol–water partition coefficient (Wildman–Crippen LogP) is 2.24. The van der Waals surface area contributed by atoms with Gasteiger partial charge in [-0.1, -0.05) is 18.2 Å². The van der Waals surface area contributed by atoms with E-state index >= 15 is 0 Å². The second-order valence-corrected chi connectivity index (χ2v) is 11.6. The molecule has 200 valence electrons. The number of hydrogen-bond donors (Lipinski definition) is 3. The number of rotatable bonds is 8. The molecule has 1 fully saturated rings. The molecule has 2 aromatic carbocycles. The molecule has 3 rings (SSSR count).